The summed E-state index contributed by atoms with van der Waals surface area (Å²) in [4.78, 5) is 13.4. The van der Waals surface area contributed by atoms with Crippen LogP contribution in [0.15, 0.2) is 36.4 Å². The number of aryl methyl sites for hydroxylation is 1. The lowest BCUT2D eigenvalue weighted by Crippen LogP contribution is -2.58. The number of aromatic nitrogens is 2. The third-order valence-corrected chi connectivity index (χ3v) is 7.07. The van der Waals surface area contributed by atoms with Gasteiger partial charge < -0.3 is 20.1 Å². The first kappa shape index (κ1) is 25.4. The first-order valence-corrected chi connectivity index (χ1v) is 12.1. The Kier molecular flexibility index (Phi) is 7.98. The van der Waals surface area contributed by atoms with Crippen molar-refractivity contribution in [3.63, 3.8) is 0 Å². The number of carbonyl (C=O) groups is 1. The van der Waals surface area contributed by atoms with Crippen molar-refractivity contribution < 1.29 is 14.6 Å². The number of nitrogens with zero attached hydrogens (tertiary/aromatic N) is 5. The lowest BCUT2D eigenvalue weighted by atomic mass is 9.98. The molecule has 0 aliphatic carbocycles. The molecule has 1 aromatic heterocycles. The Hall–Kier alpha value is -3.74. The van der Waals surface area contributed by atoms with Gasteiger partial charge in [0.1, 0.15) is 0 Å². The molecule has 0 saturated carbocycles. The Morgan fingerprint density at radius 1 is 1.19 bits per heavy atom. The highest BCUT2D eigenvalue weighted by Crippen LogP contribution is 2.32. The van der Waals surface area contributed by atoms with E-state index >= 15 is 0 Å². The summed E-state index contributed by atoms with van der Waals surface area (Å²) in [5, 5.41) is 31.0. The van der Waals surface area contributed by atoms with Crippen molar-refractivity contribution in [3.8, 4) is 6.07 Å². The van der Waals surface area contributed by atoms with Crippen LogP contribution in [0.4, 0.5) is 11.5 Å². The standard InChI is InChI=1S/C26H30N6O.CH2O2/c1-17-20(14-27)5-4-6-23(17)18(2)28-26-25-13-21(7-8-24(25)19(3)29-30-26)32-10-9-31-11-12-33-16-22(31)15-32;2-1-3/h4-8,13,18,22H,9-12,15-16H2,1-3H3,(H,28,30);1H,(H,2,3)/t18-,22+;/m1./s1. The van der Waals surface area contributed by atoms with Crippen molar-refractivity contribution in [1.82, 2.24) is 15.1 Å². The lowest BCUT2D eigenvalue weighted by molar-refractivity contribution is -0.122. The summed E-state index contributed by atoms with van der Waals surface area (Å²) in [6.45, 7) is 11.6. The molecule has 2 saturated heterocycles. The lowest BCUT2D eigenvalue weighted by Gasteiger charge is -2.44. The van der Waals surface area contributed by atoms with Crippen LogP contribution in [0.2, 0.25) is 0 Å². The number of nitrogens with one attached hydrogen (secondary N) is 1. The van der Waals surface area contributed by atoms with Gasteiger partial charge in [0.05, 0.1) is 42.6 Å². The zero-order chi connectivity index (χ0) is 25.7. The molecule has 2 fully saturated rings. The maximum atomic E-state index is 9.40. The van der Waals surface area contributed by atoms with Gasteiger partial charge in [-0.1, -0.05) is 18.2 Å². The number of hydrogen-bond acceptors (Lipinski definition) is 8. The van der Waals surface area contributed by atoms with Crippen LogP contribution in [0, 0.1) is 25.2 Å². The predicted octanol–water partition coefficient (Wildman–Crippen LogP) is 3.51. The average Bonchev–Trinajstić information content (AvgIpc) is 2.90. The second kappa shape index (κ2) is 11.3. The maximum Gasteiger partial charge on any atom is 0.290 e. The molecule has 0 radical (unpaired) electrons. The molecule has 5 rings (SSSR count). The summed E-state index contributed by atoms with van der Waals surface area (Å²) < 4.78 is 5.72. The molecule has 0 spiro atoms. The fourth-order valence-corrected chi connectivity index (χ4v) is 5.09. The number of hydrogen-bond donors (Lipinski definition) is 2. The van der Waals surface area contributed by atoms with Crippen LogP contribution in [-0.4, -0.2) is 72.1 Å². The summed E-state index contributed by atoms with van der Waals surface area (Å²) >= 11 is 0. The highest BCUT2D eigenvalue weighted by Gasteiger charge is 2.29. The van der Waals surface area contributed by atoms with Crippen molar-refractivity contribution in [2.75, 3.05) is 49.6 Å². The highest BCUT2D eigenvalue weighted by atomic mass is 16.5. The third-order valence-electron chi connectivity index (χ3n) is 7.07. The largest absolute Gasteiger partial charge is 0.483 e. The summed E-state index contributed by atoms with van der Waals surface area (Å²) in [5.74, 6) is 0.770. The van der Waals surface area contributed by atoms with Crippen molar-refractivity contribution >= 4 is 28.7 Å². The van der Waals surface area contributed by atoms with E-state index in [1.54, 1.807) is 0 Å². The second-order valence-corrected chi connectivity index (χ2v) is 9.18. The molecule has 2 atom stereocenters. The Balaban J connectivity index is 0.000000967. The predicted molar refractivity (Wildman–Crippen MR) is 139 cm³/mol. The van der Waals surface area contributed by atoms with Gasteiger partial charge in [0.25, 0.3) is 6.47 Å². The van der Waals surface area contributed by atoms with Crippen molar-refractivity contribution in [2.45, 2.75) is 32.9 Å². The Labute approximate surface area is 211 Å². The number of ether oxygens (including phenoxy) is 1. The topological polar surface area (TPSA) is 115 Å². The van der Waals surface area contributed by atoms with Crippen LogP contribution in [0.5, 0.6) is 0 Å². The van der Waals surface area contributed by atoms with Crippen LogP contribution in [0.3, 0.4) is 0 Å². The fourth-order valence-electron chi connectivity index (χ4n) is 5.09. The number of nitriles is 1. The minimum absolute atomic E-state index is 0.00917. The van der Waals surface area contributed by atoms with E-state index in [9.17, 15) is 5.26 Å². The van der Waals surface area contributed by atoms with E-state index in [1.807, 2.05) is 26.0 Å². The molecule has 3 heterocycles. The van der Waals surface area contributed by atoms with Crippen molar-refractivity contribution in [2.24, 2.45) is 0 Å². The number of rotatable bonds is 4. The SMILES string of the molecule is Cc1c(C#N)cccc1[C@@H](C)Nc1nnc(C)c2ccc(N3CCN4CCOC[C@@H]4C3)cc12.O=CO. The maximum absolute atomic E-state index is 9.40. The van der Waals surface area contributed by atoms with Crippen LogP contribution in [-0.2, 0) is 9.53 Å². The van der Waals surface area contributed by atoms with Gasteiger partial charge in [-0.25, -0.2) is 0 Å². The molecule has 188 valence electrons. The van der Waals surface area contributed by atoms with Gasteiger partial charge in [-0.2, -0.15) is 10.4 Å². The zero-order valence-corrected chi connectivity index (χ0v) is 20.9. The molecule has 9 heteroatoms. The van der Waals surface area contributed by atoms with E-state index in [2.05, 4.69) is 62.6 Å². The smallest absolute Gasteiger partial charge is 0.290 e. The van der Waals surface area contributed by atoms with Gasteiger partial charge in [0.15, 0.2) is 5.82 Å². The minimum atomic E-state index is -0.250. The quantitative estimate of drug-likeness (QED) is 0.532. The monoisotopic (exact) mass is 488 g/mol. The number of anilines is 2. The first-order valence-electron chi connectivity index (χ1n) is 12.1. The van der Waals surface area contributed by atoms with Gasteiger partial charge in [0, 0.05) is 42.6 Å². The number of morpholine rings is 1. The first-order chi connectivity index (χ1) is 17.5. The van der Waals surface area contributed by atoms with Crippen LogP contribution in [0.25, 0.3) is 10.8 Å². The van der Waals surface area contributed by atoms with Crippen LogP contribution >= 0.6 is 0 Å². The van der Waals surface area contributed by atoms with Gasteiger partial charge in [-0.3, -0.25) is 9.69 Å². The molecule has 0 amide bonds. The minimum Gasteiger partial charge on any atom is -0.483 e. The number of carboxylic acid groups (broad SMARTS) is 1. The number of piperazine rings is 1. The summed E-state index contributed by atoms with van der Waals surface area (Å²) in [7, 11) is 0. The molecule has 0 bridgehead atoms. The van der Waals surface area contributed by atoms with Gasteiger partial charge in [0.2, 0.25) is 0 Å². The Morgan fingerprint density at radius 2 is 2.00 bits per heavy atom. The summed E-state index contributed by atoms with van der Waals surface area (Å²) in [6, 6.07) is 15.2. The van der Waals surface area contributed by atoms with E-state index in [4.69, 9.17) is 14.6 Å². The Bertz CT molecular complexity index is 1270. The number of fused-ring (bicyclic) bond motifs is 2. The van der Waals surface area contributed by atoms with Crippen LogP contribution < -0.4 is 10.2 Å². The molecule has 2 aliphatic rings. The molecule has 2 aromatic carbocycles. The van der Waals surface area contributed by atoms with E-state index in [1.165, 1.54) is 5.69 Å². The summed E-state index contributed by atoms with van der Waals surface area (Å²) in [6.07, 6.45) is 0. The molecule has 2 aliphatic heterocycles. The highest BCUT2D eigenvalue weighted by molar-refractivity contribution is 5.95. The normalized spacial score (nSPS) is 18.4. The van der Waals surface area contributed by atoms with E-state index in [0.717, 1.165) is 72.8 Å². The average molecular weight is 489 g/mol. The van der Waals surface area contributed by atoms with E-state index in [0.29, 0.717) is 11.6 Å². The van der Waals surface area contributed by atoms with Gasteiger partial charge in [-0.15, -0.1) is 5.10 Å². The molecular formula is C27H32N6O3. The van der Waals surface area contributed by atoms with E-state index < -0.39 is 0 Å². The van der Waals surface area contributed by atoms with Crippen molar-refractivity contribution in [3.05, 3.63) is 58.8 Å². The Morgan fingerprint density at radius 3 is 2.78 bits per heavy atom. The second-order valence-electron chi connectivity index (χ2n) is 9.18. The zero-order valence-electron chi connectivity index (χ0n) is 20.9. The molecule has 36 heavy (non-hydrogen) atoms. The molecule has 0 unspecified atom stereocenters. The van der Waals surface area contributed by atoms with Crippen molar-refractivity contribution in [1.29, 1.82) is 5.26 Å². The number of benzene rings is 2. The van der Waals surface area contributed by atoms with Crippen LogP contribution in [0.1, 0.15) is 35.3 Å². The van der Waals surface area contributed by atoms with E-state index in [-0.39, 0.29) is 12.5 Å². The molecule has 9 nitrogen and oxygen atoms in total. The van der Waals surface area contributed by atoms with Gasteiger partial charge >= 0.3 is 0 Å². The molecule has 2 N–H and O–H groups in total. The third kappa shape index (κ3) is 5.25. The fraction of sp³-hybridized carbons (Fsp3) is 0.407. The van der Waals surface area contributed by atoms with Gasteiger partial charge in [-0.05, 0) is 50.1 Å². The molecular weight excluding hydrogens is 456 g/mol. The summed E-state index contributed by atoms with van der Waals surface area (Å²) in [5.41, 5.74) is 4.92. The molecule has 3 aromatic rings.